The zero-order valence-electron chi connectivity index (χ0n) is 9.44. The van der Waals surface area contributed by atoms with Gasteiger partial charge in [0.15, 0.2) is 0 Å². The SMILES string of the molecule is Cc1nc2ccc(C(C)(C)C(=O)O)cc2s1. The zero-order valence-corrected chi connectivity index (χ0v) is 10.3. The summed E-state index contributed by atoms with van der Waals surface area (Å²) in [4.78, 5) is 15.5. The Morgan fingerprint density at radius 1 is 1.44 bits per heavy atom. The summed E-state index contributed by atoms with van der Waals surface area (Å²) in [6.07, 6.45) is 0. The Kier molecular flexibility index (Phi) is 2.46. The molecule has 0 saturated heterocycles. The minimum atomic E-state index is -0.855. The lowest BCUT2D eigenvalue weighted by atomic mass is 9.85. The molecule has 0 aliphatic carbocycles. The van der Waals surface area contributed by atoms with Gasteiger partial charge in [0.05, 0.1) is 20.6 Å². The number of carboxylic acids is 1. The second-order valence-electron chi connectivity index (χ2n) is 4.35. The van der Waals surface area contributed by atoms with E-state index in [-0.39, 0.29) is 0 Å². The van der Waals surface area contributed by atoms with Crippen molar-refractivity contribution in [2.24, 2.45) is 0 Å². The molecule has 0 atom stereocenters. The Balaban J connectivity index is 2.58. The molecule has 1 aromatic carbocycles. The Morgan fingerprint density at radius 3 is 2.75 bits per heavy atom. The molecule has 1 N–H and O–H groups in total. The summed E-state index contributed by atoms with van der Waals surface area (Å²) in [7, 11) is 0. The number of hydrogen-bond donors (Lipinski definition) is 1. The Morgan fingerprint density at radius 2 is 2.12 bits per heavy atom. The van der Waals surface area contributed by atoms with Crippen molar-refractivity contribution in [1.29, 1.82) is 0 Å². The Labute approximate surface area is 97.8 Å². The summed E-state index contributed by atoms with van der Waals surface area (Å²) in [5.41, 5.74) is 0.898. The number of hydrogen-bond acceptors (Lipinski definition) is 3. The van der Waals surface area contributed by atoms with E-state index < -0.39 is 11.4 Å². The molecule has 1 aromatic heterocycles. The Bertz CT molecular complexity index is 557. The van der Waals surface area contributed by atoms with Crippen molar-refractivity contribution >= 4 is 27.5 Å². The van der Waals surface area contributed by atoms with Crippen LogP contribution in [0.3, 0.4) is 0 Å². The van der Waals surface area contributed by atoms with Crippen molar-refractivity contribution < 1.29 is 9.90 Å². The fourth-order valence-electron chi connectivity index (χ4n) is 1.55. The quantitative estimate of drug-likeness (QED) is 0.870. The van der Waals surface area contributed by atoms with E-state index >= 15 is 0 Å². The minimum Gasteiger partial charge on any atom is -0.481 e. The molecule has 0 spiro atoms. The van der Waals surface area contributed by atoms with Gasteiger partial charge in [0, 0.05) is 0 Å². The second kappa shape index (κ2) is 3.56. The number of benzene rings is 1. The first-order chi connectivity index (χ1) is 7.41. The maximum atomic E-state index is 11.2. The van der Waals surface area contributed by atoms with Gasteiger partial charge in [0.1, 0.15) is 0 Å². The fourth-order valence-corrected chi connectivity index (χ4v) is 2.42. The summed E-state index contributed by atoms with van der Waals surface area (Å²) in [5, 5.41) is 10.2. The lowest BCUT2D eigenvalue weighted by Gasteiger charge is -2.19. The molecular weight excluding hydrogens is 222 g/mol. The van der Waals surface area contributed by atoms with Crippen LogP contribution < -0.4 is 0 Å². The molecule has 84 valence electrons. The molecule has 0 amide bonds. The number of carboxylic acid groups (broad SMARTS) is 1. The van der Waals surface area contributed by atoms with Gasteiger partial charge in [-0.15, -0.1) is 11.3 Å². The number of nitrogens with zero attached hydrogens (tertiary/aromatic N) is 1. The number of aryl methyl sites for hydroxylation is 1. The number of fused-ring (bicyclic) bond motifs is 1. The lowest BCUT2D eigenvalue weighted by Crippen LogP contribution is -2.28. The summed E-state index contributed by atoms with van der Waals surface area (Å²) >= 11 is 1.59. The lowest BCUT2D eigenvalue weighted by molar-refractivity contribution is -0.142. The van der Waals surface area contributed by atoms with E-state index in [1.165, 1.54) is 0 Å². The van der Waals surface area contributed by atoms with Crippen molar-refractivity contribution in [1.82, 2.24) is 4.98 Å². The molecule has 3 nitrogen and oxygen atoms in total. The van der Waals surface area contributed by atoms with Gasteiger partial charge in [-0.3, -0.25) is 4.79 Å². The van der Waals surface area contributed by atoms with Crippen LogP contribution in [0, 0.1) is 6.92 Å². The fraction of sp³-hybridized carbons (Fsp3) is 0.333. The number of aromatic nitrogens is 1. The van der Waals surface area contributed by atoms with Crippen molar-refractivity contribution in [2.75, 3.05) is 0 Å². The molecule has 0 bridgehead atoms. The highest BCUT2D eigenvalue weighted by Gasteiger charge is 2.29. The van der Waals surface area contributed by atoms with Crippen LogP contribution in [0.1, 0.15) is 24.4 Å². The van der Waals surface area contributed by atoms with Crippen LogP contribution in [-0.4, -0.2) is 16.1 Å². The van der Waals surface area contributed by atoms with E-state index in [1.54, 1.807) is 25.2 Å². The summed E-state index contributed by atoms with van der Waals surface area (Å²) in [5.74, 6) is -0.812. The van der Waals surface area contributed by atoms with E-state index in [2.05, 4.69) is 4.98 Å². The predicted octanol–water partition coefficient (Wildman–Crippen LogP) is 2.97. The highest BCUT2D eigenvalue weighted by molar-refractivity contribution is 7.18. The van der Waals surface area contributed by atoms with Crippen molar-refractivity contribution in [3.63, 3.8) is 0 Å². The minimum absolute atomic E-state index is 0.812. The largest absolute Gasteiger partial charge is 0.481 e. The predicted molar refractivity (Wildman–Crippen MR) is 65.0 cm³/mol. The van der Waals surface area contributed by atoms with Gasteiger partial charge < -0.3 is 5.11 Å². The van der Waals surface area contributed by atoms with Gasteiger partial charge in [-0.25, -0.2) is 4.98 Å². The maximum absolute atomic E-state index is 11.2. The maximum Gasteiger partial charge on any atom is 0.313 e. The van der Waals surface area contributed by atoms with Crippen LogP contribution in [0.4, 0.5) is 0 Å². The molecule has 0 fully saturated rings. The summed E-state index contributed by atoms with van der Waals surface area (Å²) in [6.45, 7) is 5.38. The standard InChI is InChI=1S/C12H13NO2S/c1-7-13-9-5-4-8(6-10(9)16-7)12(2,3)11(14)15/h4-6H,1-3H3,(H,14,15). The molecule has 0 radical (unpaired) electrons. The van der Waals surface area contributed by atoms with Crippen molar-refractivity contribution in [3.8, 4) is 0 Å². The second-order valence-corrected chi connectivity index (χ2v) is 5.58. The van der Waals surface area contributed by atoms with E-state index in [0.29, 0.717) is 0 Å². The van der Waals surface area contributed by atoms with Crippen LogP contribution in [-0.2, 0) is 10.2 Å². The Hall–Kier alpha value is -1.42. The molecule has 0 aliphatic heterocycles. The molecule has 4 heteroatoms. The first-order valence-electron chi connectivity index (χ1n) is 5.02. The van der Waals surface area contributed by atoms with Gasteiger partial charge in [-0.05, 0) is 38.5 Å². The van der Waals surface area contributed by atoms with Gasteiger partial charge in [-0.1, -0.05) is 6.07 Å². The average Bonchev–Trinajstić information content (AvgIpc) is 2.56. The van der Waals surface area contributed by atoms with Crippen molar-refractivity contribution in [2.45, 2.75) is 26.2 Å². The topological polar surface area (TPSA) is 50.2 Å². The van der Waals surface area contributed by atoms with E-state index in [4.69, 9.17) is 5.11 Å². The van der Waals surface area contributed by atoms with Crippen molar-refractivity contribution in [3.05, 3.63) is 28.8 Å². The van der Waals surface area contributed by atoms with E-state index in [1.807, 2.05) is 25.1 Å². The molecule has 2 rings (SSSR count). The van der Waals surface area contributed by atoms with Gasteiger partial charge in [0.25, 0.3) is 0 Å². The van der Waals surface area contributed by atoms with E-state index in [9.17, 15) is 4.79 Å². The first kappa shape index (κ1) is 11.1. The molecular formula is C12H13NO2S. The molecule has 16 heavy (non-hydrogen) atoms. The van der Waals surface area contributed by atoms with Crippen LogP contribution in [0.2, 0.25) is 0 Å². The average molecular weight is 235 g/mol. The molecule has 1 heterocycles. The number of carbonyl (C=O) groups is 1. The normalized spacial score (nSPS) is 11.9. The zero-order chi connectivity index (χ0) is 11.9. The monoisotopic (exact) mass is 235 g/mol. The molecule has 0 unspecified atom stereocenters. The smallest absolute Gasteiger partial charge is 0.313 e. The van der Waals surface area contributed by atoms with Gasteiger partial charge in [-0.2, -0.15) is 0 Å². The van der Waals surface area contributed by atoms with Crippen LogP contribution in [0.15, 0.2) is 18.2 Å². The third-order valence-electron chi connectivity index (χ3n) is 2.75. The van der Waals surface area contributed by atoms with Crippen LogP contribution in [0.5, 0.6) is 0 Å². The summed E-state index contributed by atoms with van der Waals surface area (Å²) in [6, 6.07) is 5.66. The highest BCUT2D eigenvalue weighted by Crippen LogP contribution is 2.29. The number of thiazole rings is 1. The third-order valence-corrected chi connectivity index (χ3v) is 3.69. The van der Waals surface area contributed by atoms with Gasteiger partial charge >= 0.3 is 5.97 Å². The number of rotatable bonds is 2. The summed E-state index contributed by atoms with van der Waals surface area (Å²) < 4.78 is 1.05. The highest BCUT2D eigenvalue weighted by atomic mass is 32.1. The molecule has 2 aromatic rings. The van der Waals surface area contributed by atoms with Crippen LogP contribution >= 0.6 is 11.3 Å². The third kappa shape index (κ3) is 1.69. The molecule has 0 saturated carbocycles. The first-order valence-corrected chi connectivity index (χ1v) is 5.84. The van der Waals surface area contributed by atoms with E-state index in [0.717, 1.165) is 20.8 Å². The molecule has 0 aliphatic rings. The van der Waals surface area contributed by atoms with Gasteiger partial charge in [0.2, 0.25) is 0 Å². The van der Waals surface area contributed by atoms with Crippen LogP contribution in [0.25, 0.3) is 10.2 Å². The number of aliphatic carboxylic acids is 1.